The van der Waals surface area contributed by atoms with Crippen LogP contribution >= 0.6 is 11.8 Å². The van der Waals surface area contributed by atoms with E-state index in [0.29, 0.717) is 12.0 Å². The molecule has 1 aliphatic carbocycles. The van der Waals surface area contributed by atoms with E-state index in [1.54, 1.807) is 11.8 Å². The summed E-state index contributed by atoms with van der Waals surface area (Å²) in [4.78, 5) is 27.6. The molecule has 2 aromatic rings. The summed E-state index contributed by atoms with van der Waals surface area (Å²) in [5.41, 5.74) is 5.91. The Labute approximate surface area is 181 Å². The molecule has 5 heteroatoms. The molecule has 30 heavy (non-hydrogen) atoms. The Bertz CT molecular complexity index is 1070. The molecule has 4 nitrogen and oxygen atoms in total. The van der Waals surface area contributed by atoms with E-state index in [9.17, 15) is 9.59 Å². The highest BCUT2D eigenvalue weighted by Gasteiger charge is 2.38. The second kappa shape index (κ2) is 8.52. The lowest BCUT2D eigenvalue weighted by atomic mass is 9.75. The van der Waals surface area contributed by atoms with Gasteiger partial charge in [0, 0.05) is 45.5 Å². The molecule has 1 heterocycles. The summed E-state index contributed by atoms with van der Waals surface area (Å²) >= 11 is 1.68. The number of rotatable bonds is 4. The second-order valence-electron chi connectivity index (χ2n) is 7.81. The Morgan fingerprint density at radius 2 is 1.80 bits per heavy atom. The number of amides is 1. The van der Waals surface area contributed by atoms with Gasteiger partial charge in [-0.1, -0.05) is 30.3 Å². The number of carbonyl (C=O) groups is 2. The first-order valence-electron chi connectivity index (χ1n) is 10.2. The summed E-state index contributed by atoms with van der Waals surface area (Å²) < 4.78 is 0. The lowest BCUT2D eigenvalue weighted by molar-refractivity contribution is -0.116. The number of hydrogen-bond donors (Lipinski definition) is 2. The summed E-state index contributed by atoms with van der Waals surface area (Å²) in [5.74, 6) is -0.386. The van der Waals surface area contributed by atoms with E-state index in [2.05, 4.69) is 22.8 Å². The standard InChI is InChI=1S/C25H26N2O2S/c1-15-7-4-5-8-19(15)27-25(29)22-16(2)26-20-9-6-10-21(28)24(20)23(22)17-11-13-18(30-3)14-12-17/h4-5,7-8,11-14,23,26H,6,9-10H2,1-3H3,(H,27,29). The molecular weight excluding hydrogens is 392 g/mol. The first-order valence-corrected chi connectivity index (χ1v) is 11.5. The maximum atomic E-state index is 13.5. The first kappa shape index (κ1) is 20.5. The van der Waals surface area contributed by atoms with Crippen LogP contribution in [0.1, 0.15) is 43.2 Å². The molecular formula is C25H26N2O2S. The van der Waals surface area contributed by atoms with Crippen molar-refractivity contribution in [2.45, 2.75) is 43.9 Å². The van der Waals surface area contributed by atoms with E-state index < -0.39 is 0 Å². The summed E-state index contributed by atoms with van der Waals surface area (Å²) in [6.45, 7) is 3.90. The molecule has 0 saturated carbocycles. The van der Waals surface area contributed by atoms with Crippen LogP contribution in [0.5, 0.6) is 0 Å². The van der Waals surface area contributed by atoms with E-state index in [1.807, 2.05) is 56.5 Å². The highest BCUT2D eigenvalue weighted by Crippen LogP contribution is 2.42. The fraction of sp³-hybridized carbons (Fsp3) is 0.280. The van der Waals surface area contributed by atoms with Crippen molar-refractivity contribution < 1.29 is 9.59 Å². The number of carbonyl (C=O) groups excluding carboxylic acids is 2. The van der Waals surface area contributed by atoms with Crippen molar-refractivity contribution >= 4 is 29.1 Å². The fourth-order valence-corrected chi connectivity index (χ4v) is 4.73. The number of benzene rings is 2. The van der Waals surface area contributed by atoms with E-state index >= 15 is 0 Å². The minimum atomic E-state index is -0.353. The zero-order valence-electron chi connectivity index (χ0n) is 17.5. The number of Topliss-reactive ketones (excluding diaryl/α,β-unsaturated/α-hetero) is 1. The van der Waals surface area contributed by atoms with E-state index in [1.165, 1.54) is 0 Å². The summed E-state index contributed by atoms with van der Waals surface area (Å²) in [6, 6.07) is 15.9. The lowest BCUT2D eigenvalue weighted by Crippen LogP contribution is -2.35. The van der Waals surface area contributed by atoms with Crippen LogP contribution in [0.15, 0.2) is 76.0 Å². The van der Waals surface area contributed by atoms with Crippen LogP contribution in [0.4, 0.5) is 5.69 Å². The number of dihydropyridines is 1. The summed E-state index contributed by atoms with van der Waals surface area (Å²) in [6.07, 6.45) is 4.26. The van der Waals surface area contributed by atoms with Gasteiger partial charge < -0.3 is 10.6 Å². The molecule has 2 aliphatic rings. The van der Waals surface area contributed by atoms with E-state index in [4.69, 9.17) is 0 Å². The van der Waals surface area contributed by atoms with Crippen molar-refractivity contribution in [1.82, 2.24) is 5.32 Å². The van der Waals surface area contributed by atoms with Gasteiger partial charge in [-0.3, -0.25) is 9.59 Å². The normalized spacial score (nSPS) is 18.8. The molecule has 0 aromatic heterocycles. The topological polar surface area (TPSA) is 58.2 Å². The van der Waals surface area contributed by atoms with Crippen LogP contribution in [-0.4, -0.2) is 17.9 Å². The van der Waals surface area contributed by atoms with Gasteiger partial charge >= 0.3 is 0 Å². The molecule has 1 aliphatic heterocycles. The number of aryl methyl sites for hydroxylation is 1. The molecule has 0 saturated heterocycles. The van der Waals surface area contributed by atoms with Gasteiger partial charge in [0.15, 0.2) is 5.78 Å². The number of para-hydroxylation sites is 1. The summed E-state index contributed by atoms with van der Waals surface area (Å²) in [7, 11) is 0. The molecule has 2 aromatic carbocycles. The predicted molar refractivity (Wildman–Crippen MR) is 122 cm³/mol. The third kappa shape index (κ3) is 3.82. The number of anilines is 1. The SMILES string of the molecule is CSc1ccc(C2C(C(=O)Nc3ccccc3C)=C(C)NC3=C2C(=O)CCC3)cc1. The third-order valence-corrected chi connectivity index (χ3v) is 6.61. The van der Waals surface area contributed by atoms with Crippen molar-refractivity contribution in [3.8, 4) is 0 Å². The van der Waals surface area contributed by atoms with Crippen molar-refractivity contribution in [2.75, 3.05) is 11.6 Å². The van der Waals surface area contributed by atoms with E-state index in [-0.39, 0.29) is 17.6 Å². The Morgan fingerprint density at radius 3 is 2.50 bits per heavy atom. The molecule has 1 unspecified atom stereocenters. The number of ketones is 1. The Kier molecular flexibility index (Phi) is 5.82. The minimum absolute atomic E-state index is 0.136. The largest absolute Gasteiger partial charge is 0.362 e. The van der Waals surface area contributed by atoms with Gasteiger partial charge in [0.1, 0.15) is 0 Å². The lowest BCUT2D eigenvalue weighted by Gasteiger charge is -2.34. The Hall–Kier alpha value is -2.79. The number of hydrogen-bond acceptors (Lipinski definition) is 4. The minimum Gasteiger partial charge on any atom is -0.362 e. The van der Waals surface area contributed by atoms with Crippen LogP contribution in [-0.2, 0) is 9.59 Å². The van der Waals surface area contributed by atoms with Gasteiger partial charge in [-0.25, -0.2) is 0 Å². The third-order valence-electron chi connectivity index (χ3n) is 5.86. The Balaban J connectivity index is 1.79. The van der Waals surface area contributed by atoms with E-state index in [0.717, 1.165) is 51.5 Å². The highest BCUT2D eigenvalue weighted by molar-refractivity contribution is 7.98. The molecule has 0 radical (unpaired) electrons. The molecule has 0 spiro atoms. The average Bonchev–Trinajstić information content (AvgIpc) is 2.74. The molecule has 154 valence electrons. The molecule has 0 bridgehead atoms. The number of nitrogens with one attached hydrogen (secondary N) is 2. The van der Waals surface area contributed by atoms with Crippen molar-refractivity contribution in [3.05, 3.63) is 82.2 Å². The van der Waals surface area contributed by atoms with Crippen molar-refractivity contribution in [2.24, 2.45) is 0 Å². The monoisotopic (exact) mass is 418 g/mol. The van der Waals surface area contributed by atoms with Crippen LogP contribution in [0, 0.1) is 6.92 Å². The van der Waals surface area contributed by atoms with Gasteiger partial charge in [0.2, 0.25) is 0 Å². The maximum absolute atomic E-state index is 13.5. The van der Waals surface area contributed by atoms with Crippen LogP contribution in [0.2, 0.25) is 0 Å². The highest BCUT2D eigenvalue weighted by atomic mass is 32.2. The van der Waals surface area contributed by atoms with Gasteiger partial charge in [0.25, 0.3) is 5.91 Å². The zero-order chi connectivity index (χ0) is 21.3. The maximum Gasteiger partial charge on any atom is 0.254 e. The number of allylic oxidation sites excluding steroid dienone is 3. The quantitative estimate of drug-likeness (QED) is 0.660. The summed E-state index contributed by atoms with van der Waals surface area (Å²) in [5, 5.41) is 6.44. The van der Waals surface area contributed by atoms with Crippen LogP contribution in [0.3, 0.4) is 0 Å². The Morgan fingerprint density at radius 1 is 1.07 bits per heavy atom. The first-order chi connectivity index (χ1) is 14.5. The smallest absolute Gasteiger partial charge is 0.254 e. The second-order valence-corrected chi connectivity index (χ2v) is 8.69. The van der Waals surface area contributed by atoms with Crippen molar-refractivity contribution in [1.29, 1.82) is 0 Å². The molecule has 2 N–H and O–H groups in total. The zero-order valence-corrected chi connectivity index (χ0v) is 18.4. The molecule has 1 amide bonds. The van der Waals surface area contributed by atoms with Crippen LogP contribution < -0.4 is 10.6 Å². The van der Waals surface area contributed by atoms with Gasteiger partial charge in [-0.2, -0.15) is 0 Å². The molecule has 4 rings (SSSR count). The average molecular weight is 419 g/mol. The number of thioether (sulfide) groups is 1. The van der Waals surface area contributed by atoms with Gasteiger partial charge in [-0.05, 0) is 62.3 Å². The molecule has 0 fully saturated rings. The van der Waals surface area contributed by atoms with Crippen molar-refractivity contribution in [3.63, 3.8) is 0 Å². The van der Waals surface area contributed by atoms with Gasteiger partial charge in [0.05, 0.1) is 0 Å². The predicted octanol–water partition coefficient (Wildman–Crippen LogP) is 5.32. The molecule has 1 atom stereocenters. The fourth-order valence-electron chi connectivity index (χ4n) is 4.32. The van der Waals surface area contributed by atoms with Gasteiger partial charge in [-0.15, -0.1) is 11.8 Å². The van der Waals surface area contributed by atoms with Crippen LogP contribution in [0.25, 0.3) is 0 Å².